The van der Waals surface area contributed by atoms with Crippen LogP contribution in [0.2, 0.25) is 0 Å². The summed E-state index contributed by atoms with van der Waals surface area (Å²) in [4.78, 5) is 4.62. The first-order chi connectivity index (χ1) is 6.15. The minimum absolute atomic E-state index is 0.200. The highest BCUT2D eigenvalue weighted by molar-refractivity contribution is 5.98. The van der Waals surface area contributed by atoms with Gasteiger partial charge in [0.25, 0.3) is 0 Å². The first-order valence-corrected chi connectivity index (χ1v) is 3.99. The van der Waals surface area contributed by atoms with E-state index in [1.807, 2.05) is 6.92 Å². The van der Waals surface area contributed by atoms with Gasteiger partial charge in [0, 0.05) is 0 Å². The number of benzene rings is 1. The van der Waals surface area contributed by atoms with Crippen LogP contribution in [0.4, 0.5) is 4.39 Å². The van der Waals surface area contributed by atoms with Gasteiger partial charge in [-0.15, -0.1) is 0 Å². The third-order valence-electron chi connectivity index (χ3n) is 1.80. The highest BCUT2D eigenvalue weighted by atomic mass is 19.1. The molecule has 0 spiro atoms. The molecule has 0 bridgehead atoms. The molecule has 0 aliphatic carbocycles. The molecule has 0 saturated carbocycles. The maximum absolute atomic E-state index is 12.9. The summed E-state index contributed by atoms with van der Waals surface area (Å²) in [5.74, 6) is -0.200. The lowest BCUT2D eigenvalue weighted by Crippen LogP contribution is -1.96. The fourth-order valence-corrected chi connectivity index (χ4v) is 1.06. The Morgan fingerprint density at radius 2 is 2.15 bits per heavy atom. The third-order valence-corrected chi connectivity index (χ3v) is 1.80. The van der Waals surface area contributed by atoms with Crippen LogP contribution in [-0.2, 0) is 4.84 Å². The van der Waals surface area contributed by atoms with E-state index >= 15 is 0 Å². The molecule has 0 unspecified atom stereocenters. The standard InChI is InChI=1S/C10H12FNO/c1-7-6-9(4-5-10(7)11)8(2)12-13-3/h4-6H,1-3H3/b12-8-. The van der Waals surface area contributed by atoms with Gasteiger partial charge < -0.3 is 4.84 Å². The molecule has 2 nitrogen and oxygen atoms in total. The van der Waals surface area contributed by atoms with Crippen LogP contribution < -0.4 is 0 Å². The predicted molar refractivity (Wildman–Crippen MR) is 50.4 cm³/mol. The first kappa shape index (κ1) is 9.71. The summed E-state index contributed by atoms with van der Waals surface area (Å²) in [6.07, 6.45) is 0. The van der Waals surface area contributed by atoms with Crippen molar-refractivity contribution in [2.45, 2.75) is 13.8 Å². The van der Waals surface area contributed by atoms with E-state index in [1.165, 1.54) is 13.2 Å². The number of hydrogen-bond donors (Lipinski definition) is 0. The third kappa shape index (κ3) is 2.28. The fourth-order valence-electron chi connectivity index (χ4n) is 1.06. The second kappa shape index (κ2) is 4.03. The Morgan fingerprint density at radius 3 is 2.69 bits per heavy atom. The molecule has 0 N–H and O–H groups in total. The molecule has 0 atom stereocenters. The van der Waals surface area contributed by atoms with Gasteiger partial charge in [-0.3, -0.25) is 0 Å². The van der Waals surface area contributed by atoms with E-state index in [4.69, 9.17) is 0 Å². The van der Waals surface area contributed by atoms with E-state index < -0.39 is 0 Å². The Morgan fingerprint density at radius 1 is 1.46 bits per heavy atom. The van der Waals surface area contributed by atoms with Gasteiger partial charge in [-0.05, 0) is 37.1 Å². The molecule has 1 aromatic rings. The van der Waals surface area contributed by atoms with Crippen LogP contribution >= 0.6 is 0 Å². The summed E-state index contributed by atoms with van der Waals surface area (Å²) in [6.45, 7) is 3.54. The zero-order valence-corrected chi connectivity index (χ0v) is 7.97. The van der Waals surface area contributed by atoms with E-state index in [9.17, 15) is 4.39 Å². The number of rotatable bonds is 2. The second-order valence-electron chi connectivity index (χ2n) is 2.82. The molecule has 70 valence electrons. The summed E-state index contributed by atoms with van der Waals surface area (Å²) >= 11 is 0. The molecule has 0 fully saturated rings. The van der Waals surface area contributed by atoms with Gasteiger partial charge in [0.1, 0.15) is 12.9 Å². The Hall–Kier alpha value is -1.38. The molecule has 0 amide bonds. The van der Waals surface area contributed by atoms with Crippen LogP contribution in [0.15, 0.2) is 23.4 Å². The monoisotopic (exact) mass is 181 g/mol. The van der Waals surface area contributed by atoms with Crippen LogP contribution in [0.5, 0.6) is 0 Å². The topological polar surface area (TPSA) is 21.6 Å². The summed E-state index contributed by atoms with van der Waals surface area (Å²) in [5.41, 5.74) is 2.23. The van der Waals surface area contributed by atoms with Crippen molar-refractivity contribution in [3.8, 4) is 0 Å². The van der Waals surface area contributed by atoms with Gasteiger partial charge in [0.05, 0.1) is 5.71 Å². The minimum Gasteiger partial charge on any atom is -0.399 e. The van der Waals surface area contributed by atoms with Crippen LogP contribution in [0.3, 0.4) is 0 Å². The molecule has 0 radical (unpaired) electrons. The predicted octanol–water partition coefficient (Wildman–Crippen LogP) is 2.50. The normalized spacial score (nSPS) is 11.5. The lowest BCUT2D eigenvalue weighted by Gasteiger charge is -2.01. The molecule has 0 saturated heterocycles. The maximum Gasteiger partial charge on any atom is 0.126 e. The van der Waals surface area contributed by atoms with E-state index in [2.05, 4.69) is 9.99 Å². The molecule has 0 heterocycles. The van der Waals surface area contributed by atoms with Crippen molar-refractivity contribution in [1.82, 2.24) is 0 Å². The smallest absolute Gasteiger partial charge is 0.126 e. The molecule has 0 aromatic heterocycles. The Labute approximate surface area is 77.0 Å². The Kier molecular flexibility index (Phi) is 3.01. The molecule has 1 rings (SSSR count). The second-order valence-corrected chi connectivity index (χ2v) is 2.82. The molecule has 0 aliphatic rings. The van der Waals surface area contributed by atoms with Crippen molar-refractivity contribution in [3.63, 3.8) is 0 Å². The summed E-state index contributed by atoms with van der Waals surface area (Å²) < 4.78 is 12.9. The number of aryl methyl sites for hydroxylation is 1. The lowest BCUT2D eigenvalue weighted by molar-refractivity contribution is 0.213. The van der Waals surface area contributed by atoms with Crippen molar-refractivity contribution in [1.29, 1.82) is 0 Å². The molecular formula is C10H12FNO. The van der Waals surface area contributed by atoms with Gasteiger partial charge >= 0.3 is 0 Å². The van der Waals surface area contributed by atoms with E-state index in [0.717, 1.165) is 11.3 Å². The molecule has 3 heteroatoms. The number of hydrogen-bond acceptors (Lipinski definition) is 2. The highest BCUT2D eigenvalue weighted by Crippen LogP contribution is 2.10. The molecule has 1 aromatic carbocycles. The van der Waals surface area contributed by atoms with Crippen LogP contribution in [-0.4, -0.2) is 12.8 Å². The molecular weight excluding hydrogens is 169 g/mol. The number of nitrogens with zero attached hydrogens (tertiary/aromatic N) is 1. The SMILES string of the molecule is CO/N=C(/C)c1ccc(F)c(C)c1. The van der Waals surface area contributed by atoms with Crippen molar-refractivity contribution in [2.24, 2.45) is 5.16 Å². The van der Waals surface area contributed by atoms with E-state index in [-0.39, 0.29) is 5.82 Å². The Bertz CT molecular complexity index is 334. The molecule has 13 heavy (non-hydrogen) atoms. The van der Waals surface area contributed by atoms with Crippen LogP contribution in [0.25, 0.3) is 0 Å². The minimum atomic E-state index is -0.200. The molecule has 0 aliphatic heterocycles. The summed E-state index contributed by atoms with van der Waals surface area (Å²) in [7, 11) is 1.49. The average molecular weight is 181 g/mol. The quantitative estimate of drug-likeness (QED) is 0.507. The summed E-state index contributed by atoms with van der Waals surface area (Å²) in [6, 6.07) is 4.85. The van der Waals surface area contributed by atoms with Crippen molar-refractivity contribution >= 4 is 5.71 Å². The zero-order valence-electron chi connectivity index (χ0n) is 7.97. The van der Waals surface area contributed by atoms with E-state index in [0.29, 0.717) is 5.56 Å². The Balaban J connectivity index is 3.04. The van der Waals surface area contributed by atoms with Crippen molar-refractivity contribution in [3.05, 3.63) is 35.1 Å². The average Bonchev–Trinajstić information content (AvgIpc) is 2.10. The zero-order chi connectivity index (χ0) is 9.84. The highest BCUT2D eigenvalue weighted by Gasteiger charge is 2.01. The summed E-state index contributed by atoms with van der Waals surface area (Å²) in [5, 5.41) is 3.76. The first-order valence-electron chi connectivity index (χ1n) is 3.99. The number of halogens is 1. The van der Waals surface area contributed by atoms with Gasteiger partial charge in [0.15, 0.2) is 0 Å². The number of oxime groups is 1. The van der Waals surface area contributed by atoms with Gasteiger partial charge in [0.2, 0.25) is 0 Å². The van der Waals surface area contributed by atoms with Crippen molar-refractivity contribution < 1.29 is 9.23 Å². The maximum atomic E-state index is 12.9. The van der Waals surface area contributed by atoms with Gasteiger partial charge in [-0.2, -0.15) is 0 Å². The van der Waals surface area contributed by atoms with Crippen molar-refractivity contribution in [2.75, 3.05) is 7.11 Å². The largest absolute Gasteiger partial charge is 0.399 e. The van der Waals surface area contributed by atoms with Gasteiger partial charge in [-0.25, -0.2) is 4.39 Å². The lowest BCUT2D eigenvalue weighted by atomic mass is 10.1. The fraction of sp³-hybridized carbons (Fsp3) is 0.300. The van der Waals surface area contributed by atoms with Gasteiger partial charge in [-0.1, -0.05) is 11.2 Å². The van der Waals surface area contributed by atoms with Crippen LogP contribution in [0.1, 0.15) is 18.1 Å². The van der Waals surface area contributed by atoms with Crippen LogP contribution in [0, 0.1) is 12.7 Å². The van der Waals surface area contributed by atoms with E-state index in [1.54, 1.807) is 19.1 Å².